The summed E-state index contributed by atoms with van der Waals surface area (Å²) >= 11 is 0. The monoisotopic (exact) mass is 265 g/mol. The van der Waals surface area contributed by atoms with Crippen LogP contribution in [0.1, 0.15) is 24.9 Å². The Labute approximate surface area is 116 Å². The molecule has 5 heteroatoms. The number of piperazine rings is 1. The Hall–Kier alpha value is -0.910. The standard InChI is InChI=1S/C14H27N5/c1-4-5-15-9-12-10-16-14(17-12)8-13-11-18(2)6-7-19(13)3/h10,13,15H,4-9,11H2,1-3H3,(H,16,17). The minimum atomic E-state index is 0.571. The van der Waals surface area contributed by atoms with Crippen LogP contribution in [0.25, 0.3) is 0 Å². The van der Waals surface area contributed by atoms with E-state index in [0.717, 1.165) is 45.0 Å². The number of hydrogen-bond acceptors (Lipinski definition) is 4. The summed E-state index contributed by atoms with van der Waals surface area (Å²) in [6, 6.07) is 0.571. The molecule has 1 fully saturated rings. The molecule has 1 atom stereocenters. The van der Waals surface area contributed by atoms with E-state index in [9.17, 15) is 0 Å². The van der Waals surface area contributed by atoms with Crippen molar-refractivity contribution in [1.82, 2.24) is 25.1 Å². The number of nitrogens with zero attached hydrogens (tertiary/aromatic N) is 3. The van der Waals surface area contributed by atoms with E-state index in [2.05, 4.69) is 46.1 Å². The summed E-state index contributed by atoms with van der Waals surface area (Å²) in [6.07, 6.45) is 4.14. The second-order valence-electron chi connectivity index (χ2n) is 5.63. The number of aromatic amines is 1. The first kappa shape index (κ1) is 14.5. The van der Waals surface area contributed by atoms with Crippen molar-refractivity contribution in [1.29, 1.82) is 0 Å². The molecule has 1 aromatic rings. The number of rotatable bonds is 6. The minimum Gasteiger partial charge on any atom is -0.345 e. The average molecular weight is 265 g/mol. The predicted molar refractivity (Wildman–Crippen MR) is 78.2 cm³/mol. The van der Waals surface area contributed by atoms with Gasteiger partial charge in [0.2, 0.25) is 0 Å². The van der Waals surface area contributed by atoms with E-state index in [-0.39, 0.29) is 0 Å². The van der Waals surface area contributed by atoms with Crippen molar-refractivity contribution >= 4 is 0 Å². The Balaban J connectivity index is 1.84. The van der Waals surface area contributed by atoms with Crippen LogP contribution in [0.5, 0.6) is 0 Å². The molecule has 0 amide bonds. The zero-order valence-corrected chi connectivity index (χ0v) is 12.4. The van der Waals surface area contributed by atoms with E-state index < -0.39 is 0 Å². The van der Waals surface area contributed by atoms with E-state index in [0.29, 0.717) is 6.04 Å². The first-order chi connectivity index (χ1) is 9.19. The molecule has 0 aliphatic carbocycles. The van der Waals surface area contributed by atoms with Gasteiger partial charge in [-0.2, -0.15) is 0 Å². The molecule has 0 spiro atoms. The average Bonchev–Trinajstić information content (AvgIpc) is 2.82. The van der Waals surface area contributed by atoms with E-state index >= 15 is 0 Å². The summed E-state index contributed by atoms with van der Waals surface area (Å²) in [5, 5.41) is 3.39. The number of nitrogens with one attached hydrogen (secondary N) is 2. The molecule has 2 N–H and O–H groups in total. The molecule has 0 radical (unpaired) electrons. The second kappa shape index (κ2) is 7.03. The molecule has 2 heterocycles. The molecule has 2 rings (SSSR count). The van der Waals surface area contributed by atoms with Crippen molar-refractivity contribution in [2.75, 3.05) is 40.3 Å². The fraction of sp³-hybridized carbons (Fsp3) is 0.786. The summed E-state index contributed by atoms with van der Waals surface area (Å²) in [5.74, 6) is 1.11. The van der Waals surface area contributed by atoms with E-state index in [4.69, 9.17) is 0 Å². The third kappa shape index (κ3) is 4.30. The zero-order valence-electron chi connectivity index (χ0n) is 12.4. The first-order valence-corrected chi connectivity index (χ1v) is 7.31. The Morgan fingerprint density at radius 1 is 1.42 bits per heavy atom. The maximum absolute atomic E-state index is 4.51. The van der Waals surface area contributed by atoms with Gasteiger partial charge in [0.15, 0.2) is 0 Å². The lowest BCUT2D eigenvalue weighted by Gasteiger charge is -2.37. The van der Waals surface area contributed by atoms with Crippen LogP contribution in [-0.4, -0.2) is 66.1 Å². The highest BCUT2D eigenvalue weighted by Crippen LogP contribution is 2.10. The lowest BCUT2D eigenvalue weighted by atomic mass is 10.1. The van der Waals surface area contributed by atoms with Gasteiger partial charge in [-0.25, -0.2) is 4.98 Å². The summed E-state index contributed by atoms with van der Waals surface area (Å²) < 4.78 is 0. The molecule has 1 aliphatic heterocycles. The largest absolute Gasteiger partial charge is 0.345 e. The molecule has 0 bridgehead atoms. The molecule has 1 saturated heterocycles. The quantitative estimate of drug-likeness (QED) is 0.743. The molecule has 0 aromatic carbocycles. The van der Waals surface area contributed by atoms with Crippen molar-refractivity contribution in [3.8, 4) is 0 Å². The van der Waals surface area contributed by atoms with E-state index in [1.165, 1.54) is 12.1 Å². The Kier molecular flexibility index (Phi) is 5.36. The zero-order chi connectivity index (χ0) is 13.7. The predicted octanol–water partition coefficient (Wildman–Crippen LogP) is 0.698. The summed E-state index contributed by atoms with van der Waals surface area (Å²) in [7, 11) is 4.41. The van der Waals surface area contributed by atoms with Crippen LogP contribution in [0.2, 0.25) is 0 Å². The van der Waals surface area contributed by atoms with E-state index in [1.54, 1.807) is 0 Å². The minimum absolute atomic E-state index is 0.571. The van der Waals surface area contributed by atoms with E-state index in [1.807, 2.05) is 6.20 Å². The van der Waals surface area contributed by atoms with Crippen molar-refractivity contribution < 1.29 is 0 Å². The number of aromatic nitrogens is 2. The topological polar surface area (TPSA) is 47.2 Å². The number of imidazole rings is 1. The lowest BCUT2D eigenvalue weighted by molar-refractivity contribution is 0.113. The van der Waals surface area contributed by atoms with Gasteiger partial charge in [-0.1, -0.05) is 6.92 Å². The summed E-state index contributed by atoms with van der Waals surface area (Å²) in [4.78, 5) is 12.8. The second-order valence-corrected chi connectivity index (χ2v) is 5.63. The molecule has 5 nitrogen and oxygen atoms in total. The van der Waals surface area contributed by atoms with Gasteiger partial charge < -0.3 is 20.1 Å². The van der Waals surface area contributed by atoms with Gasteiger partial charge in [0.05, 0.1) is 0 Å². The van der Waals surface area contributed by atoms with Crippen molar-refractivity contribution in [3.05, 3.63) is 17.7 Å². The van der Waals surface area contributed by atoms with Crippen LogP contribution < -0.4 is 5.32 Å². The maximum Gasteiger partial charge on any atom is 0.107 e. The van der Waals surface area contributed by atoms with Crippen LogP contribution in [0.15, 0.2) is 6.20 Å². The van der Waals surface area contributed by atoms with Crippen molar-refractivity contribution in [3.63, 3.8) is 0 Å². The smallest absolute Gasteiger partial charge is 0.107 e. The third-order valence-corrected chi connectivity index (χ3v) is 3.83. The Bertz CT molecular complexity index is 376. The van der Waals surface area contributed by atoms with Gasteiger partial charge in [0.1, 0.15) is 5.82 Å². The van der Waals surface area contributed by atoms with Gasteiger partial charge in [0, 0.05) is 50.5 Å². The van der Waals surface area contributed by atoms with Crippen LogP contribution >= 0.6 is 0 Å². The van der Waals surface area contributed by atoms with Crippen LogP contribution in [-0.2, 0) is 13.0 Å². The van der Waals surface area contributed by atoms with Gasteiger partial charge in [-0.3, -0.25) is 0 Å². The highest BCUT2D eigenvalue weighted by Gasteiger charge is 2.23. The molecule has 0 saturated carbocycles. The van der Waals surface area contributed by atoms with Crippen molar-refractivity contribution in [2.24, 2.45) is 0 Å². The summed E-state index contributed by atoms with van der Waals surface area (Å²) in [6.45, 7) is 7.57. The Morgan fingerprint density at radius 3 is 3.05 bits per heavy atom. The number of likely N-dealkylation sites (N-methyl/N-ethyl adjacent to an activating group) is 2. The molecular formula is C14H27N5. The fourth-order valence-corrected chi connectivity index (χ4v) is 2.54. The van der Waals surface area contributed by atoms with Gasteiger partial charge in [-0.15, -0.1) is 0 Å². The first-order valence-electron chi connectivity index (χ1n) is 7.31. The van der Waals surface area contributed by atoms with Crippen LogP contribution in [0.3, 0.4) is 0 Å². The fourth-order valence-electron chi connectivity index (χ4n) is 2.54. The highest BCUT2D eigenvalue weighted by molar-refractivity contribution is 5.03. The number of H-pyrrole nitrogens is 1. The molecule has 1 aromatic heterocycles. The number of hydrogen-bond donors (Lipinski definition) is 2. The van der Waals surface area contributed by atoms with Gasteiger partial charge in [0.25, 0.3) is 0 Å². The van der Waals surface area contributed by atoms with Gasteiger partial charge >= 0.3 is 0 Å². The molecule has 108 valence electrons. The lowest BCUT2D eigenvalue weighted by Crippen LogP contribution is -2.50. The van der Waals surface area contributed by atoms with Crippen LogP contribution in [0, 0.1) is 0 Å². The summed E-state index contributed by atoms with van der Waals surface area (Å²) in [5.41, 5.74) is 1.19. The third-order valence-electron chi connectivity index (χ3n) is 3.83. The highest BCUT2D eigenvalue weighted by atomic mass is 15.3. The molecule has 19 heavy (non-hydrogen) atoms. The normalized spacial score (nSPS) is 21.9. The maximum atomic E-state index is 4.51. The van der Waals surface area contributed by atoms with Gasteiger partial charge in [-0.05, 0) is 27.1 Å². The van der Waals surface area contributed by atoms with Crippen molar-refractivity contribution in [2.45, 2.75) is 32.4 Å². The SMILES string of the molecule is CCCNCc1cnc(CC2CN(C)CCN2C)[nH]1. The molecule has 1 aliphatic rings. The molecule has 1 unspecified atom stereocenters. The van der Waals surface area contributed by atoms with Crippen LogP contribution in [0.4, 0.5) is 0 Å². The molecular weight excluding hydrogens is 238 g/mol. The Morgan fingerprint density at radius 2 is 2.26 bits per heavy atom.